The minimum Gasteiger partial charge on any atom is -0.246 e. The maximum Gasteiger partial charge on any atom is 0.114 e. The largest absolute Gasteiger partial charge is 0.246 e. The van der Waals surface area contributed by atoms with E-state index in [0.717, 1.165) is 5.31 Å². The number of allylic oxidation sites excluding steroid dienone is 2. The first-order chi connectivity index (χ1) is 2.81. The van der Waals surface area contributed by atoms with Crippen LogP contribution in [-0.4, -0.2) is 6.67 Å². The van der Waals surface area contributed by atoms with Gasteiger partial charge in [0.2, 0.25) is 0 Å². The summed E-state index contributed by atoms with van der Waals surface area (Å²) in [4.78, 5) is 0. The second kappa shape index (κ2) is 3.30. The predicted octanol–water partition coefficient (Wildman–Crippen LogP) is 1.73. The van der Waals surface area contributed by atoms with Gasteiger partial charge >= 0.3 is 0 Å². The van der Waals surface area contributed by atoms with Gasteiger partial charge in [-0.1, -0.05) is 6.08 Å². The topological polar surface area (TPSA) is 0 Å². The Kier molecular flexibility index (Phi) is 3.35. The first-order valence-electron chi connectivity index (χ1n) is 1.78. The van der Waals surface area contributed by atoms with E-state index in [2.05, 4.69) is 9.24 Å². The van der Waals surface area contributed by atoms with Gasteiger partial charge < -0.3 is 0 Å². The Morgan fingerprint density at radius 1 is 2.00 bits per heavy atom. The maximum atomic E-state index is 11.3. The molecule has 0 heterocycles. The van der Waals surface area contributed by atoms with E-state index >= 15 is 0 Å². The van der Waals surface area contributed by atoms with Crippen LogP contribution >= 0.6 is 9.24 Å². The highest BCUT2D eigenvalue weighted by Crippen LogP contribution is 2.02. The average Bonchev–Trinajstić information content (AvgIpc) is 1.65. The third-order valence-corrected chi connectivity index (χ3v) is 1.01. The van der Waals surface area contributed by atoms with E-state index in [1.807, 2.05) is 6.92 Å². The highest BCUT2D eigenvalue weighted by Gasteiger charge is 1.77. The van der Waals surface area contributed by atoms with Gasteiger partial charge in [0.25, 0.3) is 0 Å². The van der Waals surface area contributed by atoms with Crippen LogP contribution in [0.3, 0.4) is 0 Å². The maximum absolute atomic E-state index is 11.3. The van der Waals surface area contributed by atoms with Gasteiger partial charge in [0.05, 0.1) is 0 Å². The van der Waals surface area contributed by atoms with E-state index < -0.39 is 0 Å². The highest BCUT2D eigenvalue weighted by atomic mass is 31.0. The van der Waals surface area contributed by atoms with Gasteiger partial charge in [-0.3, -0.25) is 0 Å². The molecule has 0 amide bonds. The van der Waals surface area contributed by atoms with Gasteiger partial charge in [0, 0.05) is 0 Å². The highest BCUT2D eigenvalue weighted by molar-refractivity contribution is 7.22. The molecule has 0 aromatic heterocycles. The molecule has 2 heteroatoms. The molecule has 0 aliphatic rings. The fraction of sp³-hybridized carbons (Fsp3) is 0.500. The Morgan fingerprint density at radius 3 is 2.50 bits per heavy atom. The van der Waals surface area contributed by atoms with Crippen molar-refractivity contribution in [3.8, 4) is 0 Å². The molecule has 0 saturated heterocycles. The molecule has 0 aliphatic carbocycles. The molecule has 0 bridgehead atoms. The molecule has 0 spiro atoms. The standard InChI is InChI=1S/C4H8FP/c1-2-4(6)3-5/h2H,3,6H2,1H3/b4-2+. The van der Waals surface area contributed by atoms with Crippen molar-refractivity contribution in [2.75, 3.05) is 6.67 Å². The summed E-state index contributed by atoms with van der Waals surface area (Å²) in [5, 5.41) is 0.718. The number of hydrogen-bond acceptors (Lipinski definition) is 0. The van der Waals surface area contributed by atoms with Gasteiger partial charge in [-0.2, -0.15) is 0 Å². The molecule has 0 aromatic carbocycles. The summed E-state index contributed by atoms with van der Waals surface area (Å²) in [7, 11) is 2.30. The van der Waals surface area contributed by atoms with Gasteiger partial charge in [-0.15, -0.1) is 9.24 Å². The minimum atomic E-state index is -0.346. The Labute approximate surface area is 39.6 Å². The van der Waals surface area contributed by atoms with E-state index in [-0.39, 0.29) is 6.67 Å². The monoisotopic (exact) mass is 106 g/mol. The summed E-state index contributed by atoms with van der Waals surface area (Å²) in [5.74, 6) is 0. The zero-order valence-electron chi connectivity index (χ0n) is 3.74. The summed E-state index contributed by atoms with van der Waals surface area (Å²) < 4.78 is 11.3. The van der Waals surface area contributed by atoms with Crippen LogP contribution in [0.25, 0.3) is 0 Å². The first-order valence-corrected chi connectivity index (χ1v) is 2.35. The van der Waals surface area contributed by atoms with Crippen molar-refractivity contribution in [1.82, 2.24) is 0 Å². The summed E-state index contributed by atoms with van der Waals surface area (Å²) >= 11 is 0. The lowest BCUT2D eigenvalue weighted by molar-refractivity contribution is 0.556. The summed E-state index contributed by atoms with van der Waals surface area (Å²) in [6.45, 7) is 1.46. The van der Waals surface area contributed by atoms with Crippen molar-refractivity contribution in [2.45, 2.75) is 6.92 Å². The molecule has 0 nitrogen and oxygen atoms in total. The molecule has 0 radical (unpaired) electrons. The zero-order chi connectivity index (χ0) is 4.99. The fourth-order valence-corrected chi connectivity index (χ4v) is 0.0772. The smallest absolute Gasteiger partial charge is 0.114 e. The molecule has 1 unspecified atom stereocenters. The first kappa shape index (κ1) is 6.10. The molecule has 0 aromatic rings. The van der Waals surface area contributed by atoms with E-state index in [1.54, 1.807) is 6.08 Å². The minimum absolute atomic E-state index is 0.346. The van der Waals surface area contributed by atoms with Crippen LogP contribution in [0.4, 0.5) is 4.39 Å². The molecular formula is C4H8FP. The van der Waals surface area contributed by atoms with Crippen LogP contribution in [0.1, 0.15) is 6.92 Å². The normalized spacial score (nSPS) is 12.2. The second-order valence-electron chi connectivity index (χ2n) is 0.997. The lowest BCUT2D eigenvalue weighted by atomic mass is 10.6. The van der Waals surface area contributed by atoms with Crippen molar-refractivity contribution < 1.29 is 4.39 Å². The number of hydrogen-bond donors (Lipinski definition) is 0. The summed E-state index contributed by atoms with van der Waals surface area (Å²) in [6, 6.07) is 0. The molecule has 6 heavy (non-hydrogen) atoms. The van der Waals surface area contributed by atoms with Crippen molar-refractivity contribution in [3.63, 3.8) is 0 Å². The fourth-order valence-electron chi connectivity index (χ4n) is 0.0772. The van der Waals surface area contributed by atoms with E-state index in [9.17, 15) is 4.39 Å². The average molecular weight is 106 g/mol. The molecule has 0 rings (SSSR count). The summed E-state index contributed by atoms with van der Waals surface area (Å²) in [5.41, 5.74) is 0. The van der Waals surface area contributed by atoms with E-state index in [4.69, 9.17) is 0 Å². The predicted molar refractivity (Wildman–Crippen MR) is 29.4 cm³/mol. The van der Waals surface area contributed by atoms with Crippen molar-refractivity contribution in [1.29, 1.82) is 0 Å². The summed E-state index contributed by atoms with van der Waals surface area (Å²) in [6.07, 6.45) is 1.73. The molecule has 36 valence electrons. The van der Waals surface area contributed by atoms with E-state index in [0.29, 0.717) is 0 Å². The van der Waals surface area contributed by atoms with Crippen LogP contribution in [0.2, 0.25) is 0 Å². The molecule has 1 atom stereocenters. The van der Waals surface area contributed by atoms with Crippen molar-refractivity contribution in [2.24, 2.45) is 0 Å². The second-order valence-corrected chi connectivity index (χ2v) is 1.74. The van der Waals surface area contributed by atoms with Crippen LogP contribution in [0, 0.1) is 0 Å². The van der Waals surface area contributed by atoms with Crippen LogP contribution in [0.15, 0.2) is 11.4 Å². The lowest BCUT2D eigenvalue weighted by Gasteiger charge is -1.81. The van der Waals surface area contributed by atoms with Gasteiger partial charge in [0.1, 0.15) is 6.67 Å². The third kappa shape index (κ3) is 2.34. The zero-order valence-corrected chi connectivity index (χ0v) is 4.89. The van der Waals surface area contributed by atoms with Crippen LogP contribution in [-0.2, 0) is 0 Å². The van der Waals surface area contributed by atoms with Gasteiger partial charge in [0.15, 0.2) is 0 Å². The molecule has 0 fully saturated rings. The molecule has 0 N–H and O–H groups in total. The van der Waals surface area contributed by atoms with Gasteiger partial charge in [-0.25, -0.2) is 4.39 Å². The third-order valence-electron chi connectivity index (χ3n) is 0.525. The number of halogens is 1. The molecule has 0 saturated carbocycles. The van der Waals surface area contributed by atoms with Crippen LogP contribution < -0.4 is 0 Å². The number of rotatable bonds is 1. The van der Waals surface area contributed by atoms with Crippen LogP contribution in [0.5, 0.6) is 0 Å². The quantitative estimate of drug-likeness (QED) is 0.446. The molecular weight excluding hydrogens is 98.0 g/mol. The van der Waals surface area contributed by atoms with Gasteiger partial charge in [-0.05, 0) is 12.2 Å². The Balaban J connectivity index is 3.22. The lowest BCUT2D eigenvalue weighted by Crippen LogP contribution is -1.66. The molecule has 0 aliphatic heterocycles. The van der Waals surface area contributed by atoms with Crippen molar-refractivity contribution >= 4 is 9.24 Å². The Bertz CT molecular complexity index is 58.6. The SMILES string of the molecule is C/C=C(/P)CF. The van der Waals surface area contributed by atoms with Crippen molar-refractivity contribution in [3.05, 3.63) is 11.4 Å². The Hall–Kier alpha value is 0.100. The Morgan fingerprint density at radius 2 is 2.50 bits per heavy atom. The van der Waals surface area contributed by atoms with E-state index in [1.165, 1.54) is 0 Å². The number of alkyl halides is 1.